The summed E-state index contributed by atoms with van der Waals surface area (Å²) in [6.45, 7) is 4.66. The molecule has 1 aromatic rings. The van der Waals surface area contributed by atoms with Crippen LogP contribution in [0.15, 0.2) is 34.4 Å². The number of nitrogens with zero attached hydrogens (tertiary/aromatic N) is 2. The highest BCUT2D eigenvalue weighted by atomic mass is 79.9. The summed E-state index contributed by atoms with van der Waals surface area (Å²) in [5, 5.41) is 9.25. The molecular weight excluding hydrogens is 471 g/mol. The van der Waals surface area contributed by atoms with Crippen molar-refractivity contribution < 1.29 is 22.5 Å². The molecule has 0 aliphatic rings. The minimum absolute atomic E-state index is 0.305. The standard InChI is InChI=1S/C19H23BrF3N3O2S/c1-18(2,3)29(28)25-19(17(22)23,14-8-13(20)6-7-15(14)21)9-16(27)12(10-24)11-26(4)5/h6-8,11,17,25H,9H2,1-5H3. The molecule has 5 nitrogen and oxygen atoms in total. The number of benzene rings is 1. The first kappa shape index (κ1) is 25.5. The maximum Gasteiger partial charge on any atom is 0.265 e. The van der Waals surface area contributed by atoms with Gasteiger partial charge in [-0.1, -0.05) is 15.9 Å². The zero-order valence-corrected chi connectivity index (χ0v) is 19.1. The number of Topliss-reactive ketones (excluding diaryl/α,β-unsaturated/α-hetero) is 1. The lowest BCUT2D eigenvalue weighted by Gasteiger charge is -2.37. The zero-order chi connectivity index (χ0) is 22.6. The van der Waals surface area contributed by atoms with Gasteiger partial charge in [0.25, 0.3) is 6.43 Å². The van der Waals surface area contributed by atoms with E-state index in [-0.39, 0.29) is 5.57 Å². The van der Waals surface area contributed by atoms with E-state index in [1.807, 2.05) is 0 Å². The number of ketones is 1. The number of hydrogen-bond donors (Lipinski definition) is 1. The fourth-order valence-electron chi connectivity index (χ4n) is 2.35. The molecular formula is C19H23BrF3N3O2S. The highest BCUT2D eigenvalue weighted by molar-refractivity contribution is 9.10. The molecule has 0 aliphatic heterocycles. The third-order valence-corrected chi connectivity index (χ3v) is 6.02. The van der Waals surface area contributed by atoms with Crippen LogP contribution in [-0.4, -0.2) is 40.5 Å². The molecule has 0 amide bonds. The van der Waals surface area contributed by atoms with E-state index in [0.717, 1.165) is 12.1 Å². The third-order valence-electron chi connectivity index (χ3n) is 3.86. The number of nitriles is 1. The van der Waals surface area contributed by atoms with Crippen molar-refractivity contribution in [2.45, 2.75) is 43.9 Å². The Balaban J connectivity index is 3.64. The molecule has 1 N–H and O–H groups in total. The lowest BCUT2D eigenvalue weighted by molar-refractivity contribution is -0.118. The van der Waals surface area contributed by atoms with Crippen molar-refractivity contribution in [2.75, 3.05) is 14.1 Å². The molecule has 0 aliphatic carbocycles. The van der Waals surface area contributed by atoms with Gasteiger partial charge in [0.2, 0.25) is 0 Å². The van der Waals surface area contributed by atoms with E-state index in [4.69, 9.17) is 0 Å². The van der Waals surface area contributed by atoms with Crippen molar-refractivity contribution in [2.24, 2.45) is 0 Å². The van der Waals surface area contributed by atoms with E-state index in [1.165, 1.54) is 17.2 Å². The smallest absolute Gasteiger partial charge is 0.265 e. The van der Waals surface area contributed by atoms with Crippen molar-refractivity contribution in [3.05, 3.63) is 45.8 Å². The molecule has 0 spiro atoms. The van der Waals surface area contributed by atoms with Gasteiger partial charge < -0.3 is 9.45 Å². The number of alkyl halides is 2. The minimum Gasteiger partial charge on any atom is -0.598 e. The van der Waals surface area contributed by atoms with Crippen LogP contribution in [-0.2, 0) is 21.7 Å². The van der Waals surface area contributed by atoms with Gasteiger partial charge in [-0.15, -0.1) is 4.72 Å². The topological polar surface area (TPSA) is 79.2 Å². The molecule has 0 radical (unpaired) electrons. The molecule has 29 heavy (non-hydrogen) atoms. The second-order valence-corrected chi connectivity index (χ2v) is 10.5. The first-order valence-electron chi connectivity index (χ1n) is 8.49. The Kier molecular flexibility index (Phi) is 8.77. The summed E-state index contributed by atoms with van der Waals surface area (Å²) in [5.41, 5.74) is -3.50. The molecule has 160 valence electrons. The van der Waals surface area contributed by atoms with Crippen LogP contribution in [0.1, 0.15) is 32.8 Å². The molecule has 0 bridgehead atoms. The minimum atomic E-state index is -3.30. The van der Waals surface area contributed by atoms with Crippen LogP contribution >= 0.6 is 15.9 Å². The highest BCUT2D eigenvalue weighted by Gasteiger charge is 2.51. The molecule has 1 rings (SSSR count). The van der Waals surface area contributed by atoms with Gasteiger partial charge in [0, 0.05) is 48.1 Å². The van der Waals surface area contributed by atoms with Gasteiger partial charge in [0.05, 0.1) is 0 Å². The number of hydrogen-bond acceptors (Lipinski definition) is 5. The van der Waals surface area contributed by atoms with Crippen LogP contribution in [0, 0.1) is 17.1 Å². The predicted octanol–water partition coefficient (Wildman–Crippen LogP) is 4.03. The Bertz CT molecular complexity index is 822. The Hall–Kier alpha value is -1.54. The number of allylic oxidation sites excluding steroid dienone is 1. The van der Waals surface area contributed by atoms with Gasteiger partial charge in [-0.25, -0.2) is 13.2 Å². The Labute approximate surface area is 180 Å². The van der Waals surface area contributed by atoms with E-state index in [2.05, 4.69) is 20.7 Å². The SMILES string of the molecule is CN(C)C=C(C#N)C(=O)CC(N[S+]([O-])C(C)(C)C)(c1cc(Br)ccc1F)C(F)F. The zero-order valence-electron chi connectivity index (χ0n) is 16.7. The van der Waals surface area contributed by atoms with Crippen molar-refractivity contribution in [3.8, 4) is 6.07 Å². The Morgan fingerprint density at radius 1 is 1.41 bits per heavy atom. The largest absolute Gasteiger partial charge is 0.598 e. The molecule has 0 aromatic heterocycles. The van der Waals surface area contributed by atoms with Gasteiger partial charge in [0.15, 0.2) is 11.3 Å². The number of rotatable bonds is 8. The highest BCUT2D eigenvalue weighted by Crippen LogP contribution is 2.38. The second-order valence-electron chi connectivity index (χ2n) is 7.60. The van der Waals surface area contributed by atoms with E-state index >= 15 is 0 Å². The van der Waals surface area contributed by atoms with Crippen LogP contribution < -0.4 is 4.72 Å². The first-order valence-corrected chi connectivity index (χ1v) is 10.4. The number of halogens is 4. The maximum absolute atomic E-state index is 14.6. The van der Waals surface area contributed by atoms with Gasteiger partial charge >= 0.3 is 0 Å². The predicted molar refractivity (Wildman–Crippen MR) is 110 cm³/mol. The summed E-state index contributed by atoms with van der Waals surface area (Å²) in [7, 11) is 3.12. The summed E-state index contributed by atoms with van der Waals surface area (Å²) in [5.74, 6) is -1.92. The number of carbonyl (C=O) groups is 1. The third kappa shape index (κ3) is 6.47. The summed E-state index contributed by atoms with van der Waals surface area (Å²) in [6.07, 6.45) is -3.08. The van der Waals surface area contributed by atoms with Gasteiger partial charge in [-0.3, -0.25) is 4.79 Å². The maximum atomic E-state index is 14.6. The molecule has 0 saturated heterocycles. The fourth-order valence-corrected chi connectivity index (χ4v) is 3.62. The average Bonchev–Trinajstić information content (AvgIpc) is 2.59. The van der Waals surface area contributed by atoms with Gasteiger partial charge in [-0.05, 0) is 39.0 Å². The second kappa shape index (κ2) is 9.98. The van der Waals surface area contributed by atoms with Gasteiger partial charge in [0.1, 0.15) is 22.2 Å². The van der Waals surface area contributed by atoms with Crippen LogP contribution in [0.4, 0.5) is 13.2 Å². The van der Waals surface area contributed by atoms with Crippen molar-refractivity contribution >= 4 is 33.1 Å². The number of nitrogens with one attached hydrogen (secondary N) is 1. The van der Waals surface area contributed by atoms with Crippen LogP contribution in [0.2, 0.25) is 0 Å². The lowest BCUT2D eigenvalue weighted by atomic mass is 9.84. The fraction of sp³-hybridized carbons (Fsp3) is 0.474. The Morgan fingerprint density at radius 2 is 2.00 bits per heavy atom. The number of carbonyl (C=O) groups excluding carboxylic acids is 1. The molecule has 0 fully saturated rings. The van der Waals surface area contributed by atoms with Crippen LogP contribution in [0.25, 0.3) is 0 Å². The van der Waals surface area contributed by atoms with Crippen molar-refractivity contribution in [3.63, 3.8) is 0 Å². The van der Waals surface area contributed by atoms with Crippen molar-refractivity contribution in [1.29, 1.82) is 5.26 Å². The molecule has 0 saturated carbocycles. The first-order chi connectivity index (χ1) is 13.2. The van der Waals surface area contributed by atoms with E-state index in [0.29, 0.717) is 4.47 Å². The Morgan fingerprint density at radius 3 is 2.45 bits per heavy atom. The lowest BCUT2D eigenvalue weighted by Crippen LogP contribution is -2.56. The normalized spacial score (nSPS) is 15.6. The summed E-state index contributed by atoms with van der Waals surface area (Å²) < 4.78 is 57.8. The van der Waals surface area contributed by atoms with E-state index < -0.39 is 51.7 Å². The van der Waals surface area contributed by atoms with Crippen molar-refractivity contribution in [1.82, 2.24) is 9.62 Å². The van der Waals surface area contributed by atoms with Crippen LogP contribution in [0.5, 0.6) is 0 Å². The molecule has 2 unspecified atom stereocenters. The molecule has 1 aromatic carbocycles. The molecule has 10 heteroatoms. The average molecular weight is 494 g/mol. The van der Waals surface area contributed by atoms with E-state index in [1.54, 1.807) is 40.9 Å². The molecule has 0 heterocycles. The van der Waals surface area contributed by atoms with Crippen LogP contribution in [0.3, 0.4) is 0 Å². The quantitative estimate of drug-likeness (QED) is 0.336. The molecule has 2 atom stereocenters. The van der Waals surface area contributed by atoms with E-state index in [9.17, 15) is 27.8 Å². The monoisotopic (exact) mass is 493 g/mol. The van der Waals surface area contributed by atoms with Gasteiger partial charge in [-0.2, -0.15) is 5.26 Å². The summed E-state index contributed by atoms with van der Waals surface area (Å²) in [4.78, 5) is 14.1. The summed E-state index contributed by atoms with van der Waals surface area (Å²) >= 11 is 1.05. The summed E-state index contributed by atoms with van der Waals surface area (Å²) in [6, 6.07) is 5.09.